The molecule has 0 aliphatic carbocycles. The van der Waals surface area contributed by atoms with Crippen LogP contribution < -0.4 is 0 Å². The van der Waals surface area contributed by atoms with Crippen LogP contribution in [0.25, 0.3) is 0 Å². The molecular formula is C13H15NO4. The van der Waals surface area contributed by atoms with Crippen molar-refractivity contribution < 1.29 is 19.4 Å². The fourth-order valence-electron chi connectivity index (χ4n) is 1.29. The van der Waals surface area contributed by atoms with Crippen molar-refractivity contribution in [3.63, 3.8) is 0 Å². The lowest BCUT2D eigenvalue weighted by Gasteiger charge is -2.08. The second-order valence-electron chi connectivity index (χ2n) is 3.98. The number of aliphatic carboxylic acids is 1. The Kier molecular flexibility index (Phi) is 5.05. The first-order valence-corrected chi connectivity index (χ1v) is 5.52. The molecule has 1 atom stereocenters. The van der Waals surface area contributed by atoms with E-state index in [0.717, 1.165) is 5.56 Å². The molecule has 5 nitrogen and oxygen atoms in total. The standard InChI is InChI=1S/C13H15NO4/c1-9(12(15)16)7-11(14)13(17)18-8-10-5-3-2-4-6-10/h2-6,9,14H,7-8H2,1H3,(H,15,16)/t9-/m1/s1. The average Bonchev–Trinajstić information content (AvgIpc) is 2.36. The number of hydrogen-bond acceptors (Lipinski definition) is 4. The van der Waals surface area contributed by atoms with Crippen LogP contribution in [0.5, 0.6) is 0 Å². The molecule has 0 aliphatic heterocycles. The first-order chi connectivity index (χ1) is 8.50. The lowest BCUT2D eigenvalue weighted by Crippen LogP contribution is -2.22. The number of esters is 1. The van der Waals surface area contributed by atoms with E-state index < -0.39 is 17.9 Å². The van der Waals surface area contributed by atoms with Gasteiger partial charge in [0, 0.05) is 6.42 Å². The third-order valence-electron chi connectivity index (χ3n) is 2.39. The van der Waals surface area contributed by atoms with Gasteiger partial charge in [0.25, 0.3) is 0 Å². The summed E-state index contributed by atoms with van der Waals surface area (Å²) in [6, 6.07) is 9.09. The predicted molar refractivity (Wildman–Crippen MR) is 65.4 cm³/mol. The highest BCUT2D eigenvalue weighted by molar-refractivity contribution is 6.35. The molecular weight excluding hydrogens is 234 g/mol. The monoisotopic (exact) mass is 249 g/mol. The molecule has 0 unspecified atom stereocenters. The predicted octanol–water partition coefficient (Wildman–Crippen LogP) is 1.86. The minimum Gasteiger partial charge on any atom is -0.481 e. The van der Waals surface area contributed by atoms with Crippen molar-refractivity contribution in [1.82, 2.24) is 0 Å². The third kappa shape index (κ3) is 4.37. The number of ether oxygens (including phenoxy) is 1. The minimum atomic E-state index is -1.03. The first kappa shape index (κ1) is 13.9. The molecule has 0 saturated heterocycles. The Balaban J connectivity index is 2.41. The largest absolute Gasteiger partial charge is 0.481 e. The van der Waals surface area contributed by atoms with E-state index in [1.807, 2.05) is 18.2 Å². The van der Waals surface area contributed by atoms with Gasteiger partial charge < -0.3 is 9.84 Å². The molecule has 0 spiro atoms. The van der Waals surface area contributed by atoms with Crippen LogP contribution >= 0.6 is 0 Å². The van der Waals surface area contributed by atoms with Crippen LogP contribution in [0.4, 0.5) is 0 Å². The summed E-state index contributed by atoms with van der Waals surface area (Å²) in [6.45, 7) is 1.53. The van der Waals surface area contributed by atoms with Crippen LogP contribution in [0, 0.1) is 11.3 Å². The Morgan fingerprint density at radius 3 is 2.50 bits per heavy atom. The number of carbonyl (C=O) groups excluding carboxylic acids is 1. The first-order valence-electron chi connectivity index (χ1n) is 5.52. The van der Waals surface area contributed by atoms with Gasteiger partial charge >= 0.3 is 11.9 Å². The van der Waals surface area contributed by atoms with Crippen molar-refractivity contribution in [3.05, 3.63) is 35.9 Å². The zero-order chi connectivity index (χ0) is 13.5. The number of carboxylic acids is 1. The van der Waals surface area contributed by atoms with E-state index in [4.69, 9.17) is 15.3 Å². The SMILES string of the molecule is C[C@H](CC(=N)C(=O)OCc1ccccc1)C(=O)O. The smallest absolute Gasteiger partial charge is 0.352 e. The highest BCUT2D eigenvalue weighted by Gasteiger charge is 2.19. The average molecular weight is 249 g/mol. The van der Waals surface area contributed by atoms with E-state index in [0.29, 0.717) is 0 Å². The topological polar surface area (TPSA) is 87.5 Å². The highest BCUT2D eigenvalue weighted by Crippen LogP contribution is 2.06. The highest BCUT2D eigenvalue weighted by atomic mass is 16.5. The van der Waals surface area contributed by atoms with Crippen LogP contribution in [0.1, 0.15) is 18.9 Å². The van der Waals surface area contributed by atoms with Crippen LogP contribution in [0.2, 0.25) is 0 Å². The van der Waals surface area contributed by atoms with E-state index >= 15 is 0 Å². The van der Waals surface area contributed by atoms with Gasteiger partial charge in [-0.2, -0.15) is 0 Å². The number of benzene rings is 1. The van der Waals surface area contributed by atoms with Crippen molar-refractivity contribution in [1.29, 1.82) is 5.41 Å². The molecule has 5 heteroatoms. The van der Waals surface area contributed by atoms with E-state index in [2.05, 4.69) is 0 Å². The van der Waals surface area contributed by atoms with Gasteiger partial charge in [-0.05, 0) is 5.56 Å². The molecule has 0 radical (unpaired) electrons. The second-order valence-corrected chi connectivity index (χ2v) is 3.98. The molecule has 2 N–H and O–H groups in total. The maximum absolute atomic E-state index is 11.4. The summed E-state index contributed by atoms with van der Waals surface area (Å²) in [7, 11) is 0. The van der Waals surface area contributed by atoms with Crippen molar-refractivity contribution in [2.24, 2.45) is 5.92 Å². The third-order valence-corrected chi connectivity index (χ3v) is 2.39. The fraction of sp³-hybridized carbons (Fsp3) is 0.308. The quantitative estimate of drug-likeness (QED) is 0.595. The summed E-state index contributed by atoms with van der Waals surface area (Å²) < 4.78 is 4.91. The summed E-state index contributed by atoms with van der Waals surface area (Å²) >= 11 is 0. The van der Waals surface area contributed by atoms with Crippen molar-refractivity contribution in [3.8, 4) is 0 Å². The lowest BCUT2D eigenvalue weighted by molar-refractivity contribution is -0.140. The molecule has 0 saturated carbocycles. The van der Waals surface area contributed by atoms with Gasteiger partial charge in [0.2, 0.25) is 0 Å². The fourth-order valence-corrected chi connectivity index (χ4v) is 1.29. The zero-order valence-electron chi connectivity index (χ0n) is 10.1. The van der Waals surface area contributed by atoms with Crippen LogP contribution in [0.3, 0.4) is 0 Å². The van der Waals surface area contributed by atoms with E-state index in [1.165, 1.54) is 6.92 Å². The van der Waals surface area contributed by atoms with Crippen molar-refractivity contribution in [2.45, 2.75) is 20.0 Å². The molecule has 1 aromatic rings. The summed E-state index contributed by atoms with van der Waals surface area (Å²) in [6.07, 6.45) is -0.122. The van der Waals surface area contributed by atoms with Gasteiger partial charge in [0.1, 0.15) is 12.3 Å². The van der Waals surface area contributed by atoms with Gasteiger partial charge in [-0.25, -0.2) is 4.79 Å². The minimum absolute atomic E-state index is 0.0868. The molecule has 0 amide bonds. The van der Waals surface area contributed by atoms with Crippen molar-refractivity contribution >= 4 is 17.7 Å². The molecule has 0 heterocycles. The molecule has 0 aromatic heterocycles. The summed E-state index contributed by atoms with van der Waals surface area (Å²) in [5, 5.41) is 16.1. The van der Waals surface area contributed by atoms with Gasteiger partial charge in [0.05, 0.1) is 5.92 Å². The maximum atomic E-state index is 11.4. The Labute approximate surface area is 105 Å². The van der Waals surface area contributed by atoms with Crippen LogP contribution in [-0.4, -0.2) is 22.8 Å². The van der Waals surface area contributed by atoms with Crippen LogP contribution in [0.15, 0.2) is 30.3 Å². The van der Waals surface area contributed by atoms with Crippen LogP contribution in [-0.2, 0) is 20.9 Å². The Hall–Kier alpha value is -2.17. The number of nitrogens with one attached hydrogen (secondary N) is 1. The van der Waals surface area contributed by atoms with Crippen molar-refractivity contribution in [2.75, 3.05) is 0 Å². The summed E-state index contributed by atoms with van der Waals surface area (Å²) in [5.74, 6) is -2.57. The Bertz CT molecular complexity index is 442. The van der Waals surface area contributed by atoms with Gasteiger partial charge in [-0.15, -0.1) is 0 Å². The lowest BCUT2D eigenvalue weighted by atomic mass is 10.1. The molecule has 1 rings (SSSR count). The van der Waals surface area contributed by atoms with Gasteiger partial charge in [0.15, 0.2) is 0 Å². The normalized spacial score (nSPS) is 11.6. The maximum Gasteiger partial charge on any atom is 0.352 e. The Morgan fingerprint density at radius 1 is 1.33 bits per heavy atom. The van der Waals surface area contributed by atoms with E-state index in [1.54, 1.807) is 12.1 Å². The van der Waals surface area contributed by atoms with E-state index in [9.17, 15) is 9.59 Å². The van der Waals surface area contributed by atoms with Gasteiger partial charge in [-0.3, -0.25) is 10.2 Å². The number of rotatable bonds is 6. The summed E-state index contributed by atoms with van der Waals surface area (Å²) in [4.78, 5) is 22.0. The molecule has 1 aromatic carbocycles. The second kappa shape index (κ2) is 6.54. The molecule has 0 fully saturated rings. The summed E-state index contributed by atoms with van der Waals surface area (Å²) in [5.41, 5.74) is 0.505. The van der Waals surface area contributed by atoms with Gasteiger partial charge in [-0.1, -0.05) is 37.3 Å². The van der Waals surface area contributed by atoms with E-state index in [-0.39, 0.29) is 18.7 Å². The number of hydrogen-bond donors (Lipinski definition) is 2. The molecule has 0 aliphatic rings. The number of carbonyl (C=O) groups is 2. The molecule has 18 heavy (non-hydrogen) atoms. The zero-order valence-corrected chi connectivity index (χ0v) is 10.1. The number of carboxylic acid groups (broad SMARTS) is 1. The molecule has 0 bridgehead atoms. The molecule has 96 valence electrons. The Morgan fingerprint density at radius 2 is 1.94 bits per heavy atom.